The van der Waals surface area contributed by atoms with E-state index in [2.05, 4.69) is 0 Å². The molecule has 0 saturated carbocycles. The van der Waals surface area contributed by atoms with Crippen molar-refractivity contribution in [2.75, 3.05) is 0 Å². The van der Waals surface area contributed by atoms with Gasteiger partial charge in [-0.2, -0.15) is 79.2 Å². The monoisotopic (exact) mass is 446 g/mol. The second-order valence-corrected chi connectivity index (χ2v) is 9.62. The Morgan fingerprint density at radius 2 is 0.875 bits per heavy atom. The van der Waals surface area contributed by atoms with Crippen molar-refractivity contribution in [3.63, 3.8) is 0 Å². The molecule has 0 rings (SSSR count). The fraction of sp³-hybridized carbons (Fsp3) is 1.00. The van der Waals surface area contributed by atoms with E-state index >= 15 is 0 Å². The summed E-state index contributed by atoms with van der Waals surface area (Å²) >= 11 is 9.98. The maximum Gasteiger partial charge on any atom is 0.460 e. The van der Waals surface area contributed by atoms with Crippen LogP contribution >= 0.6 is 22.2 Å². The van der Waals surface area contributed by atoms with Crippen LogP contribution in [-0.4, -0.2) is 43.2 Å². The van der Waals surface area contributed by atoms with E-state index in [0.717, 1.165) is 0 Å². The average molecular weight is 447 g/mol. The van der Waals surface area contributed by atoms with E-state index in [1.54, 1.807) is 0 Å². The molecule has 24 heavy (non-hydrogen) atoms. The number of alkyl halides is 13. The van der Waals surface area contributed by atoms with Crippen molar-refractivity contribution < 1.29 is 57.1 Å². The van der Waals surface area contributed by atoms with Gasteiger partial charge < -0.3 is 0 Å². The highest BCUT2D eigenvalue weighted by atomic mass is 35.7. The summed E-state index contributed by atoms with van der Waals surface area (Å²) in [5, 5.41) is 0. The highest BCUT2D eigenvalue weighted by molar-refractivity contribution is 7.33. The summed E-state index contributed by atoms with van der Waals surface area (Å²) in [5.41, 5.74) is 0. The predicted octanol–water partition coefficient (Wildman–Crippen LogP) is 5.81. The fourth-order valence-electron chi connectivity index (χ4n) is 1.25. The standard InChI is InChI=1S/C8H5Cl2F13Si/c9-24(10)2-1-3(11,12)4(13,14)5(15,16)6(17,18)7(19,20)8(21,22)23/h24H,1-2H2. The molecule has 0 amide bonds. The second-order valence-electron chi connectivity index (χ2n) is 4.43. The first kappa shape index (κ1) is 23.9. The Morgan fingerprint density at radius 3 is 1.17 bits per heavy atom. The summed E-state index contributed by atoms with van der Waals surface area (Å²) in [5.74, 6) is -36.7. The van der Waals surface area contributed by atoms with Gasteiger partial charge >= 0.3 is 35.8 Å². The third-order valence-electron chi connectivity index (χ3n) is 2.67. The molecule has 0 heterocycles. The summed E-state index contributed by atoms with van der Waals surface area (Å²) in [6.07, 6.45) is -9.73. The minimum absolute atomic E-state index is 1.23. The molecule has 0 N–H and O–H groups in total. The lowest BCUT2D eigenvalue weighted by atomic mass is 9.93. The zero-order valence-electron chi connectivity index (χ0n) is 10.7. The third kappa shape index (κ3) is 3.69. The first-order valence-corrected chi connectivity index (χ1v) is 9.71. The van der Waals surface area contributed by atoms with Gasteiger partial charge in [-0.15, -0.1) is 0 Å². The topological polar surface area (TPSA) is 0 Å². The van der Waals surface area contributed by atoms with Crippen LogP contribution in [0.4, 0.5) is 57.1 Å². The molecule has 0 aromatic heterocycles. The van der Waals surface area contributed by atoms with Gasteiger partial charge in [-0.25, -0.2) is 0 Å². The molecule has 0 saturated heterocycles. The quantitative estimate of drug-likeness (QED) is 0.263. The molecule has 16 heteroatoms. The zero-order valence-corrected chi connectivity index (χ0v) is 13.3. The Bertz CT molecular complexity index is 444. The van der Waals surface area contributed by atoms with Crippen molar-refractivity contribution in [2.24, 2.45) is 0 Å². The van der Waals surface area contributed by atoms with Crippen LogP contribution in [0.15, 0.2) is 0 Å². The molecule has 146 valence electrons. The molecule has 0 aliphatic rings. The van der Waals surface area contributed by atoms with Crippen LogP contribution in [0.5, 0.6) is 0 Å². The molecular formula is C8H5Cl2F13Si. The summed E-state index contributed by atoms with van der Waals surface area (Å²) in [6.45, 7) is 0. The normalized spacial score (nSPS) is 16.0. The predicted molar refractivity (Wildman–Crippen MR) is 59.1 cm³/mol. The second kappa shape index (κ2) is 6.56. The van der Waals surface area contributed by atoms with Crippen molar-refractivity contribution in [2.45, 2.75) is 48.3 Å². The van der Waals surface area contributed by atoms with E-state index in [1.165, 1.54) is 0 Å². The van der Waals surface area contributed by atoms with E-state index in [-0.39, 0.29) is 0 Å². The zero-order chi connectivity index (χ0) is 20.0. The summed E-state index contributed by atoms with van der Waals surface area (Å²) in [4.78, 5) is 0. The lowest BCUT2D eigenvalue weighted by molar-refractivity contribution is -0.439. The van der Waals surface area contributed by atoms with Gasteiger partial charge in [0, 0.05) is 6.42 Å². The molecule has 0 aromatic rings. The van der Waals surface area contributed by atoms with Gasteiger partial charge in [-0.1, -0.05) is 0 Å². The van der Waals surface area contributed by atoms with Gasteiger partial charge in [0.1, 0.15) is 0 Å². The molecule has 0 spiro atoms. The van der Waals surface area contributed by atoms with Crippen molar-refractivity contribution in [3.8, 4) is 0 Å². The van der Waals surface area contributed by atoms with Crippen molar-refractivity contribution in [3.05, 3.63) is 0 Å². The van der Waals surface area contributed by atoms with Gasteiger partial charge in [0.2, 0.25) is 7.42 Å². The van der Waals surface area contributed by atoms with E-state index in [1.807, 2.05) is 0 Å². The van der Waals surface area contributed by atoms with Gasteiger partial charge in [-0.3, -0.25) is 0 Å². The Morgan fingerprint density at radius 1 is 0.542 bits per heavy atom. The van der Waals surface area contributed by atoms with Crippen molar-refractivity contribution in [1.29, 1.82) is 0 Å². The maximum atomic E-state index is 13.1. The van der Waals surface area contributed by atoms with Gasteiger partial charge in [0.25, 0.3) is 0 Å². The molecule has 0 unspecified atom stereocenters. The van der Waals surface area contributed by atoms with Gasteiger partial charge in [0.15, 0.2) is 0 Å². The number of hydrogen-bond donors (Lipinski definition) is 0. The minimum Gasteiger partial charge on any atom is -0.200 e. The fourth-order valence-corrected chi connectivity index (χ4v) is 2.48. The van der Waals surface area contributed by atoms with Crippen LogP contribution in [0.3, 0.4) is 0 Å². The van der Waals surface area contributed by atoms with Crippen molar-refractivity contribution in [1.82, 2.24) is 0 Å². The van der Waals surface area contributed by atoms with E-state index in [4.69, 9.17) is 22.2 Å². The van der Waals surface area contributed by atoms with Crippen LogP contribution in [0.25, 0.3) is 0 Å². The molecule has 0 bridgehead atoms. The van der Waals surface area contributed by atoms with Crippen LogP contribution < -0.4 is 0 Å². The summed E-state index contributed by atoms with van der Waals surface area (Å²) < 4.78 is 164. The number of halogens is 15. The lowest BCUT2D eigenvalue weighted by Gasteiger charge is -2.39. The van der Waals surface area contributed by atoms with Crippen LogP contribution in [0.1, 0.15) is 6.42 Å². The van der Waals surface area contributed by atoms with Gasteiger partial charge in [0.05, 0.1) is 0 Å². The third-order valence-corrected chi connectivity index (χ3v) is 4.71. The Hall–Kier alpha value is -0.113. The smallest absolute Gasteiger partial charge is 0.200 e. The van der Waals surface area contributed by atoms with E-state index < -0.39 is 55.7 Å². The Balaban J connectivity index is 6.01. The Kier molecular flexibility index (Phi) is 6.53. The van der Waals surface area contributed by atoms with E-state index in [0.29, 0.717) is 0 Å². The van der Waals surface area contributed by atoms with Gasteiger partial charge in [-0.05, 0) is 6.04 Å². The summed E-state index contributed by atoms with van der Waals surface area (Å²) in [7, 11) is -3.13. The summed E-state index contributed by atoms with van der Waals surface area (Å²) in [6, 6.07) is -1.23. The van der Waals surface area contributed by atoms with E-state index in [9.17, 15) is 57.1 Å². The molecule has 0 aliphatic heterocycles. The molecule has 0 aliphatic carbocycles. The molecular weight excluding hydrogens is 442 g/mol. The molecule has 0 nitrogen and oxygen atoms in total. The first-order chi connectivity index (χ1) is 10.2. The lowest BCUT2D eigenvalue weighted by Crippen LogP contribution is -2.70. The molecule has 0 atom stereocenters. The van der Waals surface area contributed by atoms with Crippen LogP contribution in [0, 0.1) is 0 Å². The molecule has 0 radical (unpaired) electrons. The molecule has 0 fully saturated rings. The Labute approximate surface area is 135 Å². The first-order valence-electron chi connectivity index (χ1n) is 5.41. The number of hydrogen-bond acceptors (Lipinski definition) is 0. The largest absolute Gasteiger partial charge is 0.460 e. The number of rotatable bonds is 7. The highest BCUT2D eigenvalue weighted by Crippen LogP contribution is 2.60. The molecule has 0 aromatic carbocycles. The highest BCUT2D eigenvalue weighted by Gasteiger charge is 2.90. The van der Waals surface area contributed by atoms with Crippen LogP contribution in [0.2, 0.25) is 6.04 Å². The van der Waals surface area contributed by atoms with Crippen molar-refractivity contribution >= 4 is 29.6 Å². The van der Waals surface area contributed by atoms with Crippen LogP contribution in [-0.2, 0) is 0 Å². The SMILES string of the molecule is FC(F)(F)C(F)(F)C(F)(F)C(F)(F)C(F)(F)C(F)(F)CC[SiH](Cl)Cl. The maximum absolute atomic E-state index is 13.1. The minimum atomic E-state index is -7.87. The average Bonchev–Trinajstić information content (AvgIpc) is 2.34.